The highest BCUT2D eigenvalue weighted by atomic mass is 19.1. The molecule has 1 saturated heterocycles. The number of carbonyl (C=O) groups is 1. The van der Waals surface area contributed by atoms with Gasteiger partial charge in [0.2, 0.25) is 0 Å². The van der Waals surface area contributed by atoms with Crippen LogP contribution in [0.15, 0.2) is 48.9 Å². The van der Waals surface area contributed by atoms with Crippen molar-refractivity contribution in [1.29, 1.82) is 0 Å². The summed E-state index contributed by atoms with van der Waals surface area (Å²) in [5.74, 6) is 0.408. The van der Waals surface area contributed by atoms with Crippen molar-refractivity contribution in [3.8, 4) is 5.82 Å². The number of aromatic nitrogens is 3. The van der Waals surface area contributed by atoms with Crippen molar-refractivity contribution in [1.82, 2.24) is 25.2 Å². The quantitative estimate of drug-likeness (QED) is 0.676. The summed E-state index contributed by atoms with van der Waals surface area (Å²) < 4.78 is 28.9. The first-order chi connectivity index (χ1) is 14.5. The number of imidazole rings is 1. The molecule has 1 aliphatic heterocycles. The first kappa shape index (κ1) is 19.8. The second-order valence-electron chi connectivity index (χ2n) is 7.22. The molecular formula is C21H22F2N6O. The normalized spacial score (nSPS) is 16.0. The Labute approximate surface area is 172 Å². The maximum Gasteiger partial charge on any atom is 0.315 e. The lowest BCUT2D eigenvalue weighted by Crippen LogP contribution is -2.43. The summed E-state index contributed by atoms with van der Waals surface area (Å²) in [6, 6.07) is 6.90. The molecule has 156 valence electrons. The van der Waals surface area contributed by atoms with Gasteiger partial charge in [-0.1, -0.05) is 6.07 Å². The van der Waals surface area contributed by atoms with E-state index in [4.69, 9.17) is 0 Å². The second kappa shape index (κ2) is 8.48. The molecule has 0 radical (unpaired) electrons. The predicted molar refractivity (Wildman–Crippen MR) is 108 cm³/mol. The Morgan fingerprint density at radius 3 is 2.80 bits per heavy atom. The van der Waals surface area contributed by atoms with Crippen LogP contribution in [0.5, 0.6) is 0 Å². The van der Waals surface area contributed by atoms with Crippen molar-refractivity contribution >= 4 is 11.7 Å². The number of halogens is 2. The van der Waals surface area contributed by atoms with Crippen LogP contribution in [0.4, 0.5) is 19.3 Å². The monoisotopic (exact) mass is 412 g/mol. The van der Waals surface area contributed by atoms with Gasteiger partial charge in [0.25, 0.3) is 0 Å². The summed E-state index contributed by atoms with van der Waals surface area (Å²) in [5, 5.41) is 5.71. The molecule has 4 rings (SSSR count). The van der Waals surface area contributed by atoms with Gasteiger partial charge in [-0.25, -0.2) is 23.5 Å². The van der Waals surface area contributed by atoms with Crippen LogP contribution in [0.25, 0.3) is 5.82 Å². The number of nitrogens with one attached hydrogen (secondary N) is 2. The summed E-state index contributed by atoms with van der Waals surface area (Å²) in [6.07, 6.45) is 5.95. The molecule has 1 atom stereocenters. The van der Waals surface area contributed by atoms with Crippen LogP contribution in [-0.4, -0.2) is 39.7 Å². The van der Waals surface area contributed by atoms with Gasteiger partial charge < -0.3 is 15.5 Å². The molecule has 2 aromatic heterocycles. The third-order valence-electron chi connectivity index (χ3n) is 5.11. The van der Waals surface area contributed by atoms with Gasteiger partial charge in [-0.2, -0.15) is 0 Å². The summed E-state index contributed by atoms with van der Waals surface area (Å²) in [7, 11) is 0. The molecule has 3 aromatic rings. The number of hydrogen-bond donors (Lipinski definition) is 2. The third-order valence-corrected chi connectivity index (χ3v) is 5.11. The standard InChI is InChI=1S/C21H22F2N6O/c1-14-24-7-9-29(14)20-5-2-15(11-25-20)12-26-21(30)27-17-6-8-28(13-17)19-4-3-16(22)10-18(19)23/h2-5,7,9-11,17H,6,8,12-13H2,1H3,(H2,26,27,30). The number of rotatable bonds is 5. The number of hydrogen-bond acceptors (Lipinski definition) is 4. The minimum Gasteiger partial charge on any atom is -0.367 e. The maximum absolute atomic E-state index is 13.9. The summed E-state index contributed by atoms with van der Waals surface area (Å²) >= 11 is 0. The highest BCUT2D eigenvalue weighted by Crippen LogP contribution is 2.24. The van der Waals surface area contributed by atoms with Crippen molar-refractivity contribution in [3.05, 3.63) is 71.9 Å². The van der Waals surface area contributed by atoms with Crippen molar-refractivity contribution in [2.75, 3.05) is 18.0 Å². The minimum atomic E-state index is -0.604. The molecule has 9 heteroatoms. The van der Waals surface area contributed by atoms with E-state index < -0.39 is 11.6 Å². The van der Waals surface area contributed by atoms with E-state index in [2.05, 4.69) is 20.6 Å². The number of nitrogens with zero attached hydrogens (tertiary/aromatic N) is 4. The van der Waals surface area contributed by atoms with Crippen molar-refractivity contribution in [3.63, 3.8) is 0 Å². The predicted octanol–water partition coefficient (Wildman–Crippen LogP) is 2.93. The van der Waals surface area contributed by atoms with Gasteiger partial charge in [-0.05, 0) is 37.1 Å². The van der Waals surface area contributed by atoms with E-state index in [1.807, 2.05) is 29.8 Å². The Morgan fingerprint density at radius 1 is 1.23 bits per heavy atom. The third kappa shape index (κ3) is 4.40. The Hall–Kier alpha value is -3.49. The molecule has 7 nitrogen and oxygen atoms in total. The van der Waals surface area contributed by atoms with Crippen LogP contribution in [0.2, 0.25) is 0 Å². The molecule has 1 unspecified atom stereocenters. The molecule has 3 heterocycles. The smallest absolute Gasteiger partial charge is 0.315 e. The van der Waals surface area contributed by atoms with Crippen LogP contribution < -0.4 is 15.5 Å². The largest absolute Gasteiger partial charge is 0.367 e. The Kier molecular flexibility index (Phi) is 5.60. The first-order valence-electron chi connectivity index (χ1n) is 9.69. The number of aryl methyl sites for hydroxylation is 1. The Balaban J connectivity index is 1.27. The lowest BCUT2D eigenvalue weighted by molar-refractivity contribution is 0.237. The lowest BCUT2D eigenvalue weighted by atomic mass is 10.2. The number of amides is 2. The fourth-order valence-corrected chi connectivity index (χ4v) is 3.54. The summed E-state index contributed by atoms with van der Waals surface area (Å²) in [6.45, 7) is 3.30. The molecule has 30 heavy (non-hydrogen) atoms. The molecule has 1 aliphatic rings. The number of carbonyl (C=O) groups excluding carboxylic acids is 1. The fourth-order valence-electron chi connectivity index (χ4n) is 3.54. The SMILES string of the molecule is Cc1nccn1-c1ccc(CNC(=O)NC2CCN(c3ccc(F)cc3F)C2)cn1. The molecular weight excluding hydrogens is 390 g/mol. The average molecular weight is 412 g/mol. The average Bonchev–Trinajstić information content (AvgIpc) is 3.36. The zero-order chi connectivity index (χ0) is 21.1. The fraction of sp³-hybridized carbons (Fsp3) is 0.286. The maximum atomic E-state index is 13.9. The van der Waals surface area contributed by atoms with Gasteiger partial charge in [-0.3, -0.25) is 4.57 Å². The van der Waals surface area contributed by atoms with Gasteiger partial charge in [0.1, 0.15) is 23.3 Å². The van der Waals surface area contributed by atoms with E-state index in [1.54, 1.807) is 17.3 Å². The summed E-state index contributed by atoms with van der Waals surface area (Å²) in [5.41, 5.74) is 1.22. The highest BCUT2D eigenvalue weighted by Gasteiger charge is 2.25. The molecule has 0 bridgehead atoms. The van der Waals surface area contributed by atoms with Crippen LogP contribution >= 0.6 is 0 Å². The first-order valence-corrected chi connectivity index (χ1v) is 9.69. The van der Waals surface area contributed by atoms with Crippen LogP contribution in [0.1, 0.15) is 17.8 Å². The van der Waals surface area contributed by atoms with Crippen molar-refractivity contribution < 1.29 is 13.6 Å². The molecule has 1 aromatic carbocycles. The van der Waals surface area contributed by atoms with Crippen LogP contribution in [0, 0.1) is 18.6 Å². The van der Waals surface area contributed by atoms with E-state index in [0.29, 0.717) is 31.7 Å². The zero-order valence-electron chi connectivity index (χ0n) is 16.5. The molecule has 2 amide bonds. The van der Waals surface area contributed by atoms with Gasteiger partial charge in [0.15, 0.2) is 0 Å². The Bertz CT molecular complexity index is 1040. The highest BCUT2D eigenvalue weighted by molar-refractivity contribution is 5.74. The topological polar surface area (TPSA) is 75.1 Å². The summed E-state index contributed by atoms with van der Waals surface area (Å²) in [4.78, 5) is 22.6. The van der Waals surface area contributed by atoms with Crippen LogP contribution in [0.3, 0.4) is 0 Å². The molecule has 1 fully saturated rings. The molecule has 0 spiro atoms. The van der Waals surface area contributed by atoms with Gasteiger partial charge in [0.05, 0.1) is 5.69 Å². The Morgan fingerprint density at radius 2 is 2.10 bits per heavy atom. The van der Waals surface area contributed by atoms with Gasteiger partial charge in [0, 0.05) is 50.3 Å². The number of pyridine rings is 1. The molecule has 0 aliphatic carbocycles. The van der Waals surface area contributed by atoms with Crippen molar-refractivity contribution in [2.24, 2.45) is 0 Å². The van der Waals surface area contributed by atoms with Gasteiger partial charge in [-0.15, -0.1) is 0 Å². The van der Waals surface area contributed by atoms with E-state index in [1.165, 1.54) is 12.1 Å². The van der Waals surface area contributed by atoms with E-state index in [-0.39, 0.29) is 12.1 Å². The molecule has 2 N–H and O–H groups in total. The number of urea groups is 1. The van der Waals surface area contributed by atoms with Gasteiger partial charge >= 0.3 is 6.03 Å². The zero-order valence-corrected chi connectivity index (χ0v) is 16.5. The minimum absolute atomic E-state index is 0.112. The van der Waals surface area contributed by atoms with E-state index in [9.17, 15) is 13.6 Å². The van der Waals surface area contributed by atoms with E-state index in [0.717, 1.165) is 23.3 Å². The molecule has 0 saturated carbocycles. The van der Waals surface area contributed by atoms with E-state index >= 15 is 0 Å². The van der Waals surface area contributed by atoms with Crippen LogP contribution in [-0.2, 0) is 6.54 Å². The van der Waals surface area contributed by atoms with Crippen molar-refractivity contribution in [2.45, 2.75) is 25.9 Å². The number of benzene rings is 1. The number of anilines is 1. The lowest BCUT2D eigenvalue weighted by Gasteiger charge is -2.19. The second-order valence-corrected chi connectivity index (χ2v) is 7.22.